The van der Waals surface area contributed by atoms with Crippen molar-refractivity contribution in [3.8, 4) is 0 Å². The summed E-state index contributed by atoms with van der Waals surface area (Å²) in [5.74, 6) is -2.62. The molecular formula is C7H3BrF3I. The van der Waals surface area contributed by atoms with E-state index in [2.05, 4.69) is 15.9 Å². The van der Waals surface area contributed by atoms with Crippen molar-refractivity contribution in [2.24, 2.45) is 0 Å². The molecule has 0 spiro atoms. The van der Waals surface area contributed by atoms with Crippen LogP contribution in [0.4, 0.5) is 13.2 Å². The van der Waals surface area contributed by atoms with Crippen LogP contribution in [0.2, 0.25) is 0 Å². The lowest BCUT2D eigenvalue weighted by Gasteiger charge is -2.04. The van der Waals surface area contributed by atoms with Crippen LogP contribution in [-0.4, -0.2) is 0 Å². The first-order valence-corrected chi connectivity index (χ1v) is 4.82. The number of hydrogen-bond donors (Lipinski definition) is 0. The Hall–Kier alpha value is 0.220. The van der Waals surface area contributed by atoms with Gasteiger partial charge < -0.3 is 0 Å². The largest absolute Gasteiger partial charge is 0.205 e. The topological polar surface area (TPSA) is 0 Å². The first-order chi connectivity index (χ1) is 5.46. The molecule has 0 fully saturated rings. The van der Waals surface area contributed by atoms with Crippen molar-refractivity contribution in [1.82, 2.24) is 0 Å². The van der Waals surface area contributed by atoms with Crippen LogP contribution in [0, 0.1) is 27.9 Å². The van der Waals surface area contributed by atoms with Crippen molar-refractivity contribution in [3.05, 3.63) is 31.1 Å². The van der Waals surface area contributed by atoms with Gasteiger partial charge in [-0.15, -0.1) is 0 Å². The fourth-order valence-corrected chi connectivity index (χ4v) is 2.26. The average Bonchev–Trinajstić information content (AvgIpc) is 2.08. The summed E-state index contributed by atoms with van der Waals surface area (Å²) in [5, 5.41) is 0. The molecule has 0 atom stereocenters. The van der Waals surface area contributed by atoms with E-state index < -0.39 is 17.5 Å². The Morgan fingerprint density at radius 2 is 1.58 bits per heavy atom. The molecule has 0 aromatic heterocycles. The highest BCUT2D eigenvalue weighted by Gasteiger charge is 2.18. The summed E-state index contributed by atoms with van der Waals surface area (Å²) in [6.45, 7) is 1.26. The summed E-state index contributed by atoms with van der Waals surface area (Å²) >= 11 is 4.18. The Bertz CT molecular complexity index is 233. The normalized spacial score (nSPS) is 10.5. The van der Waals surface area contributed by atoms with E-state index in [4.69, 9.17) is 0 Å². The number of hydrogen-bond acceptors (Lipinski definition) is 0. The quantitative estimate of drug-likeness (QED) is 0.379. The maximum absolute atomic E-state index is 12.9. The van der Waals surface area contributed by atoms with E-state index in [1.165, 1.54) is 29.5 Å². The summed E-state index contributed by atoms with van der Waals surface area (Å²) in [4.78, 5) is 0. The molecule has 0 bridgehead atoms. The highest BCUT2D eigenvalue weighted by atomic mass is 127. The smallest absolute Gasteiger partial charge is 0.156 e. The van der Waals surface area contributed by atoms with Gasteiger partial charge in [-0.25, -0.2) is 13.2 Å². The molecule has 0 saturated carbocycles. The SMILES string of the molecule is Cc1c(F)c(Br)c(F)c(I)c1F. The van der Waals surface area contributed by atoms with Crippen molar-refractivity contribution in [2.75, 3.05) is 0 Å². The zero-order chi connectivity index (χ0) is 9.46. The molecule has 0 amide bonds. The van der Waals surface area contributed by atoms with Crippen molar-refractivity contribution in [1.29, 1.82) is 0 Å². The van der Waals surface area contributed by atoms with Crippen LogP contribution in [0.3, 0.4) is 0 Å². The lowest BCUT2D eigenvalue weighted by Crippen LogP contribution is -1.99. The molecule has 0 radical (unpaired) electrons. The molecule has 1 rings (SSSR count). The van der Waals surface area contributed by atoms with Crippen molar-refractivity contribution in [2.45, 2.75) is 6.92 Å². The zero-order valence-electron chi connectivity index (χ0n) is 5.89. The second-order valence-electron chi connectivity index (χ2n) is 2.19. The Labute approximate surface area is 89.4 Å². The minimum Gasteiger partial charge on any atom is -0.205 e. The van der Waals surface area contributed by atoms with Gasteiger partial charge in [-0.1, -0.05) is 0 Å². The molecule has 1 aromatic carbocycles. The molecule has 0 nitrogen and oxygen atoms in total. The Morgan fingerprint density at radius 3 is 2.08 bits per heavy atom. The van der Waals surface area contributed by atoms with Crippen LogP contribution in [0.5, 0.6) is 0 Å². The van der Waals surface area contributed by atoms with Gasteiger partial charge in [-0.05, 0) is 45.4 Å². The van der Waals surface area contributed by atoms with Gasteiger partial charge in [0.1, 0.15) is 11.6 Å². The fourth-order valence-electron chi connectivity index (χ4n) is 0.715. The van der Waals surface area contributed by atoms with Crippen LogP contribution in [-0.2, 0) is 0 Å². The van der Waals surface area contributed by atoms with Crippen molar-refractivity contribution in [3.63, 3.8) is 0 Å². The van der Waals surface area contributed by atoms with Crippen LogP contribution >= 0.6 is 38.5 Å². The molecule has 0 aliphatic heterocycles. The third-order valence-corrected chi connectivity index (χ3v) is 3.07. The van der Waals surface area contributed by atoms with E-state index in [0.717, 1.165) is 0 Å². The van der Waals surface area contributed by atoms with E-state index in [1.807, 2.05) is 0 Å². The molecular weight excluding hydrogens is 348 g/mol. The molecule has 1 aromatic rings. The van der Waals surface area contributed by atoms with Crippen LogP contribution in [0.1, 0.15) is 5.56 Å². The molecule has 5 heteroatoms. The number of halogens is 5. The monoisotopic (exact) mass is 350 g/mol. The molecule has 12 heavy (non-hydrogen) atoms. The van der Waals surface area contributed by atoms with Gasteiger partial charge in [0, 0.05) is 5.56 Å². The predicted molar refractivity (Wildman–Crippen MR) is 51.5 cm³/mol. The third kappa shape index (κ3) is 1.48. The van der Waals surface area contributed by atoms with Crippen LogP contribution in [0.15, 0.2) is 4.47 Å². The van der Waals surface area contributed by atoms with Gasteiger partial charge in [0.25, 0.3) is 0 Å². The van der Waals surface area contributed by atoms with Gasteiger partial charge in [0.15, 0.2) is 5.82 Å². The summed E-state index contributed by atoms with van der Waals surface area (Å²) in [5.41, 5.74) is -0.173. The molecule has 0 saturated heterocycles. The summed E-state index contributed by atoms with van der Waals surface area (Å²) in [6.07, 6.45) is 0. The van der Waals surface area contributed by atoms with Crippen LogP contribution < -0.4 is 0 Å². The first-order valence-electron chi connectivity index (χ1n) is 2.94. The minimum atomic E-state index is -0.892. The van der Waals surface area contributed by atoms with Gasteiger partial charge in [-0.3, -0.25) is 0 Å². The number of benzene rings is 1. The van der Waals surface area contributed by atoms with E-state index in [1.54, 1.807) is 0 Å². The summed E-state index contributed by atoms with van der Waals surface area (Å²) in [6, 6.07) is 0. The Morgan fingerprint density at radius 1 is 1.08 bits per heavy atom. The first kappa shape index (κ1) is 10.3. The van der Waals surface area contributed by atoms with E-state index >= 15 is 0 Å². The van der Waals surface area contributed by atoms with Gasteiger partial charge in [0.05, 0.1) is 8.04 Å². The van der Waals surface area contributed by atoms with Gasteiger partial charge >= 0.3 is 0 Å². The van der Waals surface area contributed by atoms with E-state index in [-0.39, 0.29) is 13.6 Å². The number of rotatable bonds is 0. The molecule has 0 unspecified atom stereocenters. The summed E-state index contributed by atoms with van der Waals surface area (Å²) < 4.78 is 38.2. The van der Waals surface area contributed by atoms with Gasteiger partial charge in [-0.2, -0.15) is 0 Å². The third-order valence-electron chi connectivity index (χ3n) is 1.43. The van der Waals surface area contributed by atoms with Crippen molar-refractivity contribution < 1.29 is 13.2 Å². The maximum atomic E-state index is 12.9. The standard InChI is InChI=1S/C7H3BrF3I/c1-2-4(9)3(8)6(11)7(12)5(2)10/h1H3. The zero-order valence-corrected chi connectivity index (χ0v) is 9.63. The summed E-state index contributed by atoms with van der Waals surface area (Å²) in [7, 11) is 0. The van der Waals surface area contributed by atoms with Crippen molar-refractivity contribution >= 4 is 38.5 Å². The highest BCUT2D eigenvalue weighted by Crippen LogP contribution is 2.29. The second kappa shape index (κ2) is 3.53. The van der Waals surface area contributed by atoms with E-state index in [0.29, 0.717) is 0 Å². The average molecular weight is 351 g/mol. The lowest BCUT2D eigenvalue weighted by molar-refractivity contribution is 0.515. The van der Waals surface area contributed by atoms with Gasteiger partial charge in [0.2, 0.25) is 0 Å². The Balaban J connectivity index is 3.60. The Kier molecular flexibility index (Phi) is 3.03. The molecule has 0 aliphatic carbocycles. The van der Waals surface area contributed by atoms with Crippen LogP contribution in [0.25, 0.3) is 0 Å². The predicted octanol–water partition coefficient (Wildman–Crippen LogP) is 3.78. The lowest BCUT2D eigenvalue weighted by atomic mass is 10.2. The molecule has 0 aliphatic rings. The minimum absolute atomic E-state index is 0.173. The molecule has 0 heterocycles. The second-order valence-corrected chi connectivity index (χ2v) is 4.07. The maximum Gasteiger partial charge on any atom is 0.156 e. The fraction of sp³-hybridized carbons (Fsp3) is 0.143. The van der Waals surface area contributed by atoms with E-state index in [9.17, 15) is 13.2 Å². The highest BCUT2D eigenvalue weighted by molar-refractivity contribution is 14.1. The molecule has 0 N–H and O–H groups in total. The molecule has 66 valence electrons.